The summed E-state index contributed by atoms with van der Waals surface area (Å²) in [4.78, 5) is 22.8. The number of ether oxygens (including phenoxy) is 1. The standard InChI is InChI=1S/C15H20N2O4/c1-15(2,9-13(18)19)17-14(20)16-11-7-8-21-12-6-4-3-5-10(11)12/h3-6,11H,7-9H2,1-2H3,(H,18,19)(H2,16,17,20). The van der Waals surface area contributed by atoms with Crippen LogP contribution in [0.2, 0.25) is 0 Å². The zero-order valence-corrected chi connectivity index (χ0v) is 12.2. The molecule has 0 saturated heterocycles. The molecule has 1 aromatic rings. The Morgan fingerprint density at radius 1 is 1.38 bits per heavy atom. The first-order chi connectivity index (χ1) is 9.87. The number of carboxylic acids is 1. The molecule has 1 aromatic carbocycles. The number of amides is 2. The van der Waals surface area contributed by atoms with Crippen molar-refractivity contribution in [1.29, 1.82) is 0 Å². The lowest BCUT2D eigenvalue weighted by Gasteiger charge is -2.29. The van der Waals surface area contributed by atoms with Crippen LogP contribution in [0, 0.1) is 0 Å². The van der Waals surface area contributed by atoms with Crippen LogP contribution in [-0.4, -0.2) is 29.3 Å². The third-order valence-electron chi connectivity index (χ3n) is 3.31. The molecule has 0 spiro atoms. The molecular formula is C15H20N2O4. The summed E-state index contributed by atoms with van der Waals surface area (Å²) < 4.78 is 5.54. The Morgan fingerprint density at radius 2 is 2.10 bits per heavy atom. The molecule has 1 atom stereocenters. The van der Waals surface area contributed by atoms with Crippen molar-refractivity contribution >= 4 is 12.0 Å². The predicted octanol–water partition coefficient (Wildman–Crippen LogP) is 2.06. The van der Waals surface area contributed by atoms with Gasteiger partial charge in [-0.05, 0) is 19.9 Å². The molecule has 2 amide bonds. The first-order valence-electron chi connectivity index (χ1n) is 6.89. The number of carbonyl (C=O) groups is 2. The van der Waals surface area contributed by atoms with E-state index in [0.29, 0.717) is 13.0 Å². The van der Waals surface area contributed by atoms with Gasteiger partial charge in [-0.25, -0.2) is 4.79 Å². The lowest BCUT2D eigenvalue weighted by atomic mass is 10.00. The van der Waals surface area contributed by atoms with Gasteiger partial charge in [0.05, 0.1) is 19.1 Å². The highest BCUT2D eigenvalue weighted by atomic mass is 16.5. The molecule has 0 radical (unpaired) electrons. The number of para-hydroxylation sites is 1. The number of nitrogens with one attached hydrogen (secondary N) is 2. The zero-order chi connectivity index (χ0) is 15.5. The van der Waals surface area contributed by atoms with Crippen molar-refractivity contribution in [2.75, 3.05) is 6.61 Å². The Morgan fingerprint density at radius 3 is 2.81 bits per heavy atom. The van der Waals surface area contributed by atoms with Crippen LogP contribution in [0.15, 0.2) is 24.3 Å². The second-order valence-corrected chi connectivity index (χ2v) is 5.78. The number of aliphatic carboxylic acids is 1. The van der Waals surface area contributed by atoms with Gasteiger partial charge in [0.15, 0.2) is 0 Å². The van der Waals surface area contributed by atoms with E-state index < -0.39 is 11.5 Å². The first kappa shape index (κ1) is 15.2. The molecule has 3 N–H and O–H groups in total. The Bertz CT molecular complexity index is 542. The lowest BCUT2D eigenvalue weighted by molar-refractivity contribution is -0.138. The molecule has 21 heavy (non-hydrogen) atoms. The van der Waals surface area contributed by atoms with Crippen molar-refractivity contribution in [2.45, 2.75) is 38.3 Å². The SMILES string of the molecule is CC(C)(CC(=O)O)NC(=O)NC1CCOc2ccccc21. The van der Waals surface area contributed by atoms with Gasteiger partial charge in [-0.3, -0.25) is 4.79 Å². The average molecular weight is 292 g/mol. The first-order valence-corrected chi connectivity index (χ1v) is 6.89. The Hall–Kier alpha value is -2.24. The van der Waals surface area contributed by atoms with Crippen LogP contribution in [0.4, 0.5) is 4.79 Å². The highest BCUT2D eigenvalue weighted by molar-refractivity contribution is 5.77. The van der Waals surface area contributed by atoms with Gasteiger partial charge in [0.2, 0.25) is 0 Å². The third kappa shape index (κ3) is 4.11. The average Bonchev–Trinajstić information content (AvgIpc) is 2.36. The van der Waals surface area contributed by atoms with E-state index in [2.05, 4.69) is 10.6 Å². The van der Waals surface area contributed by atoms with Crippen LogP contribution >= 0.6 is 0 Å². The van der Waals surface area contributed by atoms with Crippen LogP contribution < -0.4 is 15.4 Å². The van der Waals surface area contributed by atoms with Crippen molar-refractivity contribution in [1.82, 2.24) is 10.6 Å². The molecule has 1 aliphatic rings. The summed E-state index contributed by atoms with van der Waals surface area (Å²) in [6, 6.07) is 7.07. The second kappa shape index (κ2) is 6.03. The molecule has 114 valence electrons. The monoisotopic (exact) mass is 292 g/mol. The molecule has 1 aliphatic heterocycles. The van der Waals surface area contributed by atoms with Crippen LogP contribution in [0.1, 0.15) is 38.3 Å². The van der Waals surface area contributed by atoms with Crippen LogP contribution in [0.3, 0.4) is 0 Å². The van der Waals surface area contributed by atoms with E-state index in [1.807, 2.05) is 24.3 Å². The minimum Gasteiger partial charge on any atom is -0.493 e. The van der Waals surface area contributed by atoms with Crippen LogP contribution in [0.5, 0.6) is 5.75 Å². The number of urea groups is 1. The van der Waals surface area contributed by atoms with Crippen molar-refractivity contribution in [3.8, 4) is 5.75 Å². The van der Waals surface area contributed by atoms with Gasteiger partial charge < -0.3 is 20.5 Å². The van der Waals surface area contributed by atoms with E-state index in [4.69, 9.17) is 9.84 Å². The number of fused-ring (bicyclic) bond motifs is 1. The fourth-order valence-corrected chi connectivity index (χ4v) is 2.42. The maximum Gasteiger partial charge on any atom is 0.315 e. The quantitative estimate of drug-likeness (QED) is 0.792. The molecule has 0 aliphatic carbocycles. The zero-order valence-electron chi connectivity index (χ0n) is 12.2. The van der Waals surface area contributed by atoms with Gasteiger partial charge in [0, 0.05) is 17.5 Å². The van der Waals surface area contributed by atoms with Crippen LogP contribution in [-0.2, 0) is 4.79 Å². The number of hydrogen-bond donors (Lipinski definition) is 3. The Labute approximate surface area is 123 Å². The molecule has 1 unspecified atom stereocenters. The van der Waals surface area contributed by atoms with Gasteiger partial charge in [-0.2, -0.15) is 0 Å². The molecule has 0 aromatic heterocycles. The highest BCUT2D eigenvalue weighted by Gasteiger charge is 2.27. The molecule has 0 bridgehead atoms. The Kier molecular flexibility index (Phi) is 4.35. The summed E-state index contributed by atoms with van der Waals surface area (Å²) in [7, 11) is 0. The highest BCUT2D eigenvalue weighted by Crippen LogP contribution is 2.31. The normalized spacial score (nSPS) is 17.3. The number of hydrogen-bond acceptors (Lipinski definition) is 3. The largest absolute Gasteiger partial charge is 0.493 e. The maximum absolute atomic E-state index is 12.1. The summed E-state index contributed by atoms with van der Waals surface area (Å²) in [5.74, 6) is -0.171. The molecule has 6 nitrogen and oxygen atoms in total. The van der Waals surface area contributed by atoms with E-state index in [1.165, 1.54) is 0 Å². The van der Waals surface area contributed by atoms with Crippen molar-refractivity contribution in [3.05, 3.63) is 29.8 Å². The van der Waals surface area contributed by atoms with Gasteiger partial charge in [0.1, 0.15) is 5.75 Å². The van der Waals surface area contributed by atoms with Gasteiger partial charge >= 0.3 is 12.0 Å². The van der Waals surface area contributed by atoms with Gasteiger partial charge in [-0.1, -0.05) is 18.2 Å². The molecule has 0 saturated carbocycles. The topological polar surface area (TPSA) is 87.7 Å². The third-order valence-corrected chi connectivity index (χ3v) is 3.31. The summed E-state index contributed by atoms with van der Waals surface area (Å²) in [5, 5.41) is 14.4. The lowest BCUT2D eigenvalue weighted by Crippen LogP contribution is -2.50. The second-order valence-electron chi connectivity index (χ2n) is 5.78. The fourth-order valence-electron chi connectivity index (χ4n) is 2.42. The van der Waals surface area contributed by atoms with E-state index in [9.17, 15) is 9.59 Å². The van der Waals surface area contributed by atoms with Gasteiger partial charge in [-0.15, -0.1) is 0 Å². The Balaban J connectivity index is 1.99. The number of carboxylic acid groups (broad SMARTS) is 1. The maximum atomic E-state index is 12.1. The van der Waals surface area contributed by atoms with Crippen LogP contribution in [0.25, 0.3) is 0 Å². The van der Waals surface area contributed by atoms with E-state index in [-0.39, 0.29) is 18.5 Å². The summed E-state index contributed by atoms with van der Waals surface area (Å²) in [5.41, 5.74) is 0.135. The summed E-state index contributed by atoms with van der Waals surface area (Å²) in [6.07, 6.45) is 0.550. The van der Waals surface area contributed by atoms with Crippen molar-refractivity contribution < 1.29 is 19.4 Å². The van der Waals surface area contributed by atoms with E-state index in [0.717, 1.165) is 11.3 Å². The van der Waals surface area contributed by atoms with Crippen molar-refractivity contribution in [3.63, 3.8) is 0 Å². The minimum atomic E-state index is -0.947. The summed E-state index contributed by atoms with van der Waals surface area (Å²) in [6.45, 7) is 3.90. The summed E-state index contributed by atoms with van der Waals surface area (Å²) >= 11 is 0. The molecule has 1 heterocycles. The smallest absolute Gasteiger partial charge is 0.315 e. The molecular weight excluding hydrogens is 272 g/mol. The molecule has 0 fully saturated rings. The van der Waals surface area contributed by atoms with Crippen molar-refractivity contribution in [2.24, 2.45) is 0 Å². The fraction of sp³-hybridized carbons (Fsp3) is 0.467. The molecule has 6 heteroatoms. The predicted molar refractivity (Wildman–Crippen MR) is 77.3 cm³/mol. The number of benzene rings is 1. The van der Waals surface area contributed by atoms with E-state index in [1.54, 1.807) is 13.8 Å². The number of carbonyl (C=O) groups excluding carboxylic acids is 1. The van der Waals surface area contributed by atoms with E-state index >= 15 is 0 Å². The van der Waals surface area contributed by atoms with Gasteiger partial charge in [0.25, 0.3) is 0 Å². The minimum absolute atomic E-state index is 0.129. The molecule has 2 rings (SSSR count). The number of rotatable bonds is 4.